The van der Waals surface area contributed by atoms with Gasteiger partial charge >= 0.3 is 0 Å². The molecule has 1 aliphatic rings. The van der Waals surface area contributed by atoms with Gasteiger partial charge in [-0.25, -0.2) is 5.84 Å². The molecule has 1 saturated heterocycles. The van der Waals surface area contributed by atoms with Crippen molar-refractivity contribution in [3.63, 3.8) is 0 Å². The molecule has 1 rings (SSSR count). The van der Waals surface area contributed by atoms with Crippen LogP contribution in [0.2, 0.25) is 0 Å². The quantitative estimate of drug-likeness (QED) is 0.284. The molecule has 1 atom stereocenters. The van der Waals surface area contributed by atoms with Crippen molar-refractivity contribution in [2.24, 2.45) is 5.84 Å². The number of hydrogen-bond acceptors (Lipinski definition) is 4. The molecule has 0 saturated carbocycles. The minimum absolute atomic E-state index is 0.0717. The van der Waals surface area contributed by atoms with Crippen molar-refractivity contribution >= 4 is 5.91 Å². The molecule has 1 heterocycles. The molecule has 1 amide bonds. The molecule has 0 bridgehead atoms. The molecule has 1 aliphatic heterocycles. The van der Waals surface area contributed by atoms with E-state index in [2.05, 4.69) is 17.4 Å². The maximum atomic E-state index is 10.9. The molecule has 1 unspecified atom stereocenters. The number of nitrogens with two attached hydrogens (primary N) is 1. The summed E-state index contributed by atoms with van der Waals surface area (Å²) in [5, 5.41) is 0. The first-order valence-corrected chi connectivity index (χ1v) is 6.01. The Bertz CT molecular complexity index is 205. The zero-order chi connectivity index (χ0) is 11.8. The Labute approximate surface area is 97.3 Å². The first-order chi connectivity index (χ1) is 7.74. The summed E-state index contributed by atoms with van der Waals surface area (Å²) < 4.78 is 5.34. The summed E-state index contributed by atoms with van der Waals surface area (Å²) in [6.45, 7) is 2.84. The van der Waals surface area contributed by atoms with Gasteiger partial charge in [0.2, 0.25) is 5.91 Å². The second-order valence-electron chi connectivity index (χ2n) is 4.38. The predicted octanol–water partition coefficient (Wildman–Crippen LogP) is 0.257. The summed E-state index contributed by atoms with van der Waals surface area (Å²) in [5.74, 6) is 4.92. The zero-order valence-electron chi connectivity index (χ0n) is 10.1. The third-order valence-corrected chi connectivity index (χ3v) is 3.10. The van der Waals surface area contributed by atoms with Crippen LogP contribution < -0.4 is 11.3 Å². The van der Waals surface area contributed by atoms with Crippen molar-refractivity contribution < 1.29 is 9.53 Å². The van der Waals surface area contributed by atoms with Crippen molar-refractivity contribution in [1.82, 2.24) is 10.3 Å². The molecule has 0 aromatic carbocycles. The van der Waals surface area contributed by atoms with Gasteiger partial charge in [0.05, 0.1) is 6.61 Å². The Hall–Kier alpha value is -0.650. The monoisotopic (exact) mass is 229 g/mol. The summed E-state index contributed by atoms with van der Waals surface area (Å²) in [7, 11) is 2.14. The largest absolute Gasteiger partial charge is 0.380 e. The fourth-order valence-corrected chi connectivity index (χ4v) is 1.95. The van der Waals surface area contributed by atoms with Crippen LogP contribution in [0, 0.1) is 0 Å². The number of amides is 1. The average Bonchev–Trinajstić information content (AvgIpc) is 2.81. The molecule has 94 valence electrons. The molecule has 3 N–H and O–H groups in total. The van der Waals surface area contributed by atoms with E-state index in [0.717, 1.165) is 45.4 Å². The number of hydrazine groups is 1. The number of hydrogen-bond donors (Lipinski definition) is 2. The highest BCUT2D eigenvalue weighted by atomic mass is 16.5. The molecule has 0 aliphatic carbocycles. The van der Waals surface area contributed by atoms with Gasteiger partial charge in [-0.1, -0.05) is 6.42 Å². The van der Waals surface area contributed by atoms with Gasteiger partial charge in [0, 0.05) is 19.1 Å². The maximum Gasteiger partial charge on any atom is 0.233 e. The van der Waals surface area contributed by atoms with Gasteiger partial charge in [0.1, 0.15) is 0 Å². The fraction of sp³-hybridized carbons (Fsp3) is 0.909. The number of carbonyl (C=O) groups is 1. The molecule has 5 nitrogen and oxygen atoms in total. The Morgan fingerprint density at radius 3 is 2.94 bits per heavy atom. The number of carbonyl (C=O) groups excluding carboxylic acids is 1. The van der Waals surface area contributed by atoms with Crippen LogP contribution in [0.1, 0.15) is 32.1 Å². The number of rotatable bonds is 7. The van der Waals surface area contributed by atoms with E-state index in [-0.39, 0.29) is 5.91 Å². The van der Waals surface area contributed by atoms with Gasteiger partial charge in [0.25, 0.3) is 0 Å². The summed E-state index contributed by atoms with van der Waals surface area (Å²) >= 11 is 0. The van der Waals surface area contributed by atoms with Gasteiger partial charge < -0.3 is 9.64 Å². The Balaban J connectivity index is 1.95. The Morgan fingerprint density at radius 1 is 1.50 bits per heavy atom. The zero-order valence-corrected chi connectivity index (χ0v) is 10.1. The van der Waals surface area contributed by atoms with Crippen molar-refractivity contribution in [2.45, 2.75) is 38.1 Å². The van der Waals surface area contributed by atoms with Crippen LogP contribution in [-0.4, -0.2) is 43.7 Å². The van der Waals surface area contributed by atoms with Gasteiger partial charge in [-0.2, -0.15) is 0 Å². The van der Waals surface area contributed by atoms with E-state index in [4.69, 9.17) is 10.6 Å². The first-order valence-electron chi connectivity index (χ1n) is 6.01. The molecule has 0 aromatic rings. The van der Waals surface area contributed by atoms with Gasteiger partial charge in [-0.15, -0.1) is 0 Å². The lowest BCUT2D eigenvalue weighted by atomic mass is 10.1. The third kappa shape index (κ3) is 4.92. The van der Waals surface area contributed by atoms with Crippen molar-refractivity contribution in [3.05, 3.63) is 0 Å². The second kappa shape index (κ2) is 7.60. The number of likely N-dealkylation sites (N-methyl/N-ethyl adjacent to an activating group) is 1. The molecule has 16 heavy (non-hydrogen) atoms. The topological polar surface area (TPSA) is 67.6 Å². The molecular formula is C11H23N3O2. The van der Waals surface area contributed by atoms with Crippen molar-refractivity contribution in [1.29, 1.82) is 0 Å². The van der Waals surface area contributed by atoms with E-state index >= 15 is 0 Å². The summed E-state index contributed by atoms with van der Waals surface area (Å²) in [6, 6.07) is 0.590. The van der Waals surface area contributed by atoms with Crippen LogP contribution in [0.15, 0.2) is 0 Å². The van der Waals surface area contributed by atoms with E-state index < -0.39 is 0 Å². The maximum absolute atomic E-state index is 10.9. The highest BCUT2D eigenvalue weighted by Crippen LogP contribution is 2.11. The smallest absolute Gasteiger partial charge is 0.233 e. The summed E-state index contributed by atoms with van der Waals surface area (Å²) in [6.07, 6.45) is 4.80. The highest BCUT2D eigenvalue weighted by molar-refractivity contribution is 5.74. The van der Waals surface area contributed by atoms with E-state index in [9.17, 15) is 4.79 Å². The molecule has 0 radical (unpaired) electrons. The van der Waals surface area contributed by atoms with Crippen LogP contribution in [0.3, 0.4) is 0 Å². The Kier molecular flexibility index (Phi) is 6.37. The molecule has 1 fully saturated rings. The Morgan fingerprint density at radius 2 is 2.31 bits per heavy atom. The van der Waals surface area contributed by atoms with Gasteiger partial charge in [-0.3, -0.25) is 10.2 Å². The van der Waals surface area contributed by atoms with E-state index in [1.54, 1.807) is 0 Å². The lowest BCUT2D eigenvalue weighted by Crippen LogP contribution is -2.32. The lowest BCUT2D eigenvalue weighted by Gasteiger charge is -2.22. The molecule has 5 heteroatoms. The highest BCUT2D eigenvalue weighted by Gasteiger charge is 2.19. The number of nitrogens with zero attached hydrogens (tertiary/aromatic N) is 1. The second-order valence-corrected chi connectivity index (χ2v) is 4.38. The van der Waals surface area contributed by atoms with Crippen molar-refractivity contribution in [3.8, 4) is 0 Å². The minimum atomic E-state index is -0.0717. The lowest BCUT2D eigenvalue weighted by molar-refractivity contribution is -0.121. The van der Waals surface area contributed by atoms with Crippen LogP contribution in [0.5, 0.6) is 0 Å². The van der Waals surface area contributed by atoms with E-state index in [0.29, 0.717) is 12.5 Å². The number of unbranched alkanes of at least 4 members (excludes halogenated alkanes) is 2. The standard InChI is InChI=1S/C11H23N3O2/c1-14(10-6-8-16-9-10)7-4-2-3-5-11(15)13-12/h10H,2-9,12H2,1H3,(H,13,15). The fourth-order valence-electron chi connectivity index (χ4n) is 1.95. The van der Waals surface area contributed by atoms with Gasteiger partial charge in [0.15, 0.2) is 0 Å². The van der Waals surface area contributed by atoms with Crippen LogP contribution in [0.25, 0.3) is 0 Å². The van der Waals surface area contributed by atoms with Crippen LogP contribution in [-0.2, 0) is 9.53 Å². The molecule has 0 spiro atoms. The minimum Gasteiger partial charge on any atom is -0.380 e. The number of ether oxygens (including phenoxy) is 1. The average molecular weight is 229 g/mol. The third-order valence-electron chi connectivity index (χ3n) is 3.10. The van der Waals surface area contributed by atoms with Gasteiger partial charge in [-0.05, 0) is 32.9 Å². The molecular weight excluding hydrogens is 206 g/mol. The van der Waals surface area contributed by atoms with Crippen LogP contribution >= 0.6 is 0 Å². The normalized spacial score (nSPS) is 20.3. The van der Waals surface area contributed by atoms with E-state index in [1.165, 1.54) is 0 Å². The van der Waals surface area contributed by atoms with Crippen LogP contribution in [0.4, 0.5) is 0 Å². The summed E-state index contributed by atoms with van der Waals surface area (Å²) in [4.78, 5) is 13.2. The first kappa shape index (κ1) is 13.4. The predicted molar refractivity (Wildman–Crippen MR) is 62.7 cm³/mol. The SMILES string of the molecule is CN(CCCCCC(=O)NN)C1CCOC1. The van der Waals surface area contributed by atoms with Crippen molar-refractivity contribution in [2.75, 3.05) is 26.8 Å². The molecule has 0 aromatic heterocycles. The summed E-state index contributed by atoms with van der Waals surface area (Å²) in [5.41, 5.74) is 2.14. The number of nitrogens with one attached hydrogen (secondary N) is 1. The van der Waals surface area contributed by atoms with E-state index in [1.807, 2.05) is 0 Å².